The van der Waals surface area contributed by atoms with Crippen LogP contribution in [0.1, 0.15) is 52.8 Å². The van der Waals surface area contributed by atoms with Crippen LogP contribution in [0.5, 0.6) is 0 Å². The highest BCUT2D eigenvalue weighted by atomic mass is 19.1. The fourth-order valence-corrected chi connectivity index (χ4v) is 4.70. The largest absolute Gasteiger partial charge is 0.481 e. The lowest BCUT2D eigenvalue weighted by atomic mass is 9.76. The molecule has 0 bridgehead atoms. The van der Waals surface area contributed by atoms with Gasteiger partial charge in [-0.15, -0.1) is 0 Å². The van der Waals surface area contributed by atoms with Gasteiger partial charge in [-0.1, -0.05) is 57.2 Å². The lowest BCUT2D eigenvalue weighted by Crippen LogP contribution is -2.39. The zero-order valence-electron chi connectivity index (χ0n) is 20.4. The molecule has 3 rings (SSSR count). The summed E-state index contributed by atoms with van der Waals surface area (Å²) in [7, 11) is 0. The van der Waals surface area contributed by atoms with Gasteiger partial charge in [-0.3, -0.25) is 4.79 Å². The molecule has 6 heteroatoms. The lowest BCUT2D eigenvalue weighted by Gasteiger charge is -2.31. The normalized spacial score (nSPS) is 15.2. The van der Waals surface area contributed by atoms with Gasteiger partial charge in [-0.25, -0.2) is 4.39 Å². The van der Waals surface area contributed by atoms with Gasteiger partial charge in [0, 0.05) is 34.6 Å². The number of para-hydroxylation sites is 1. The van der Waals surface area contributed by atoms with Gasteiger partial charge in [0.25, 0.3) is 0 Å². The van der Waals surface area contributed by atoms with Gasteiger partial charge >= 0.3 is 5.97 Å². The number of fused-ring (bicyclic) bond motifs is 1. The van der Waals surface area contributed by atoms with E-state index in [1.54, 1.807) is 39.0 Å². The molecule has 0 aliphatic rings. The third-order valence-electron chi connectivity index (χ3n) is 6.14. The first-order chi connectivity index (χ1) is 15.9. The Hall–Kier alpha value is -2.96. The van der Waals surface area contributed by atoms with E-state index >= 15 is 0 Å². The smallest absolute Gasteiger partial charge is 0.309 e. The summed E-state index contributed by atoms with van der Waals surface area (Å²) in [6.45, 7) is 9.41. The van der Waals surface area contributed by atoms with E-state index in [1.807, 2.05) is 30.3 Å². The van der Waals surface area contributed by atoms with Crippen molar-refractivity contribution in [3.63, 3.8) is 0 Å². The van der Waals surface area contributed by atoms with Crippen LogP contribution in [0.3, 0.4) is 0 Å². The molecule has 182 valence electrons. The molecule has 2 aromatic carbocycles. The maximum atomic E-state index is 13.6. The summed E-state index contributed by atoms with van der Waals surface area (Å²) in [6.07, 6.45) is 1.05. The van der Waals surface area contributed by atoms with Gasteiger partial charge in [0.05, 0.1) is 18.1 Å². The molecule has 1 aromatic heterocycles. The average molecular weight is 468 g/mol. The summed E-state index contributed by atoms with van der Waals surface area (Å²) >= 11 is 0. The molecule has 0 aliphatic carbocycles. The molecule has 0 spiro atoms. The van der Waals surface area contributed by atoms with Crippen molar-refractivity contribution >= 4 is 22.9 Å². The first kappa shape index (κ1) is 25.7. The topological polar surface area (TPSA) is 82.7 Å². The number of carboxylic acid groups (broad SMARTS) is 1. The van der Waals surface area contributed by atoms with Gasteiger partial charge < -0.3 is 19.9 Å². The van der Waals surface area contributed by atoms with Gasteiger partial charge in [0.15, 0.2) is 0 Å². The standard InChI is InChI=1S/C28H34FNO4/c1-17(2)30-22-9-7-6-8-21(22)25(18-10-12-19(29)13-11-18)23(30)15-14-20(31)16-24(32)26(27(33)34)28(3,4)5/h6-15,17,20,24,26,31-32H,16H2,1-5H3,(H,33,34)/b15-14+/t20-,24-,26?/m1/s1. The first-order valence-corrected chi connectivity index (χ1v) is 11.6. The Labute approximate surface area is 200 Å². The Bertz CT molecular complexity index is 1170. The van der Waals surface area contributed by atoms with Crippen molar-refractivity contribution in [2.45, 2.75) is 59.3 Å². The van der Waals surface area contributed by atoms with Crippen molar-refractivity contribution in [1.82, 2.24) is 4.57 Å². The summed E-state index contributed by atoms with van der Waals surface area (Å²) in [5, 5.41) is 31.8. The van der Waals surface area contributed by atoms with E-state index in [2.05, 4.69) is 18.4 Å². The van der Waals surface area contributed by atoms with Crippen molar-refractivity contribution in [1.29, 1.82) is 0 Å². The molecule has 0 saturated heterocycles. The van der Waals surface area contributed by atoms with E-state index in [0.29, 0.717) is 0 Å². The molecule has 0 aliphatic heterocycles. The molecule has 0 amide bonds. The molecule has 0 fully saturated rings. The molecular weight excluding hydrogens is 433 g/mol. The molecule has 0 radical (unpaired) electrons. The van der Waals surface area contributed by atoms with E-state index in [9.17, 15) is 24.5 Å². The zero-order chi connectivity index (χ0) is 25.2. The van der Waals surface area contributed by atoms with Crippen molar-refractivity contribution in [2.75, 3.05) is 0 Å². The maximum absolute atomic E-state index is 13.6. The number of benzene rings is 2. The minimum absolute atomic E-state index is 0.0987. The highest BCUT2D eigenvalue weighted by Gasteiger charge is 2.37. The number of nitrogens with zero attached hydrogens (tertiary/aromatic N) is 1. The first-order valence-electron chi connectivity index (χ1n) is 11.6. The molecule has 5 nitrogen and oxygen atoms in total. The second-order valence-corrected chi connectivity index (χ2v) is 10.2. The third kappa shape index (κ3) is 5.40. The second-order valence-electron chi connectivity index (χ2n) is 10.2. The average Bonchev–Trinajstić information content (AvgIpc) is 3.05. The van der Waals surface area contributed by atoms with Crippen LogP contribution in [0.2, 0.25) is 0 Å². The highest BCUT2D eigenvalue weighted by Crippen LogP contribution is 2.38. The molecule has 3 N–H and O–H groups in total. The van der Waals surface area contributed by atoms with Crippen molar-refractivity contribution in [2.24, 2.45) is 11.3 Å². The number of carboxylic acids is 1. The highest BCUT2D eigenvalue weighted by molar-refractivity contribution is 6.01. The summed E-state index contributed by atoms with van der Waals surface area (Å²) in [6, 6.07) is 14.4. The fourth-order valence-electron chi connectivity index (χ4n) is 4.70. The van der Waals surface area contributed by atoms with Gasteiger partial charge in [-0.2, -0.15) is 0 Å². The number of hydrogen-bond acceptors (Lipinski definition) is 3. The molecule has 0 saturated carbocycles. The summed E-state index contributed by atoms with van der Waals surface area (Å²) < 4.78 is 15.8. The van der Waals surface area contributed by atoms with Crippen LogP contribution in [0.15, 0.2) is 54.6 Å². The Kier molecular flexibility index (Phi) is 7.64. The van der Waals surface area contributed by atoms with E-state index in [1.165, 1.54) is 12.1 Å². The quantitative estimate of drug-likeness (QED) is 0.385. The number of aliphatic hydroxyl groups is 2. The van der Waals surface area contributed by atoms with Crippen LogP contribution < -0.4 is 0 Å². The lowest BCUT2D eigenvalue weighted by molar-refractivity contribution is -0.152. The third-order valence-corrected chi connectivity index (χ3v) is 6.14. The monoisotopic (exact) mass is 467 g/mol. The minimum atomic E-state index is -1.20. The van der Waals surface area contributed by atoms with Crippen LogP contribution in [0, 0.1) is 17.2 Å². The van der Waals surface area contributed by atoms with E-state index < -0.39 is 29.5 Å². The molecular formula is C28H34FNO4. The van der Waals surface area contributed by atoms with Crippen molar-refractivity contribution < 1.29 is 24.5 Å². The Morgan fingerprint density at radius 2 is 1.68 bits per heavy atom. The SMILES string of the molecule is CC(C)n1c(/C=C/[C@@H](O)C[C@@H](O)C(C(=O)O)C(C)(C)C)c(-c2ccc(F)cc2)c2ccccc21. The maximum Gasteiger partial charge on any atom is 0.309 e. The minimum Gasteiger partial charge on any atom is -0.481 e. The van der Waals surface area contributed by atoms with Crippen molar-refractivity contribution in [3.8, 4) is 11.1 Å². The zero-order valence-corrected chi connectivity index (χ0v) is 20.4. The summed E-state index contributed by atoms with van der Waals surface area (Å²) in [5.41, 5.74) is 2.98. The van der Waals surface area contributed by atoms with Gasteiger partial charge in [0.1, 0.15) is 5.82 Å². The molecule has 1 heterocycles. The number of hydrogen-bond donors (Lipinski definition) is 3. The van der Waals surface area contributed by atoms with Crippen LogP contribution >= 0.6 is 0 Å². The number of aromatic nitrogens is 1. The molecule has 1 unspecified atom stereocenters. The molecule has 3 aromatic rings. The number of aliphatic hydroxyl groups excluding tert-OH is 2. The number of rotatable bonds is 8. The van der Waals surface area contributed by atoms with E-state index in [0.717, 1.165) is 27.7 Å². The van der Waals surface area contributed by atoms with Crippen LogP contribution in [0.4, 0.5) is 4.39 Å². The van der Waals surface area contributed by atoms with Crippen molar-refractivity contribution in [3.05, 3.63) is 66.1 Å². The number of carbonyl (C=O) groups is 1. The predicted octanol–water partition coefficient (Wildman–Crippen LogP) is 5.90. The molecule has 3 atom stereocenters. The Balaban J connectivity index is 2.03. The van der Waals surface area contributed by atoms with Gasteiger partial charge in [0.2, 0.25) is 0 Å². The van der Waals surface area contributed by atoms with E-state index in [-0.39, 0.29) is 18.3 Å². The fraction of sp³-hybridized carbons (Fsp3) is 0.393. The van der Waals surface area contributed by atoms with Crippen LogP contribution in [-0.4, -0.2) is 38.1 Å². The number of aliphatic carboxylic acids is 1. The predicted molar refractivity (Wildman–Crippen MR) is 134 cm³/mol. The molecule has 34 heavy (non-hydrogen) atoms. The Morgan fingerprint density at radius 1 is 1.06 bits per heavy atom. The summed E-state index contributed by atoms with van der Waals surface area (Å²) in [5.74, 6) is -2.41. The van der Waals surface area contributed by atoms with E-state index in [4.69, 9.17) is 0 Å². The Morgan fingerprint density at radius 3 is 2.24 bits per heavy atom. The van der Waals surface area contributed by atoms with Crippen LogP contribution in [0.25, 0.3) is 28.1 Å². The second kappa shape index (κ2) is 10.1. The van der Waals surface area contributed by atoms with Gasteiger partial charge in [-0.05, 0) is 49.1 Å². The number of halogens is 1. The van der Waals surface area contributed by atoms with Crippen LogP contribution in [-0.2, 0) is 4.79 Å². The summed E-state index contributed by atoms with van der Waals surface area (Å²) in [4.78, 5) is 11.7.